The predicted molar refractivity (Wildman–Crippen MR) is 94.8 cm³/mol. The Labute approximate surface area is 150 Å². The van der Waals surface area contributed by atoms with E-state index >= 15 is 0 Å². The van der Waals surface area contributed by atoms with Gasteiger partial charge in [0.25, 0.3) is 5.89 Å². The second-order valence-electron chi connectivity index (χ2n) is 5.55. The van der Waals surface area contributed by atoms with Gasteiger partial charge in [0.1, 0.15) is 11.5 Å². The quantitative estimate of drug-likeness (QED) is 0.703. The highest BCUT2D eigenvalue weighted by Gasteiger charge is 2.11. The summed E-state index contributed by atoms with van der Waals surface area (Å²) in [6.45, 7) is 0.197. The van der Waals surface area contributed by atoms with Crippen LogP contribution in [0, 0.1) is 0 Å². The summed E-state index contributed by atoms with van der Waals surface area (Å²) in [5, 5.41) is 6.67. The van der Waals surface area contributed by atoms with Gasteiger partial charge in [0.2, 0.25) is 5.91 Å². The molecule has 0 saturated heterocycles. The summed E-state index contributed by atoms with van der Waals surface area (Å²) in [6, 6.07) is 14.7. The molecule has 0 unspecified atom stereocenters. The molecule has 0 aliphatic rings. The van der Waals surface area contributed by atoms with Crippen LogP contribution in [-0.2, 0) is 17.8 Å². The second-order valence-corrected chi connectivity index (χ2v) is 5.55. The predicted octanol–water partition coefficient (Wildman–Crippen LogP) is 2.61. The summed E-state index contributed by atoms with van der Waals surface area (Å²) < 4.78 is 15.5. The van der Waals surface area contributed by atoms with Crippen molar-refractivity contribution in [2.24, 2.45) is 0 Å². The molecule has 26 heavy (non-hydrogen) atoms. The molecule has 3 aromatic rings. The number of methoxy groups -OCH3 is 2. The van der Waals surface area contributed by atoms with E-state index in [-0.39, 0.29) is 18.9 Å². The minimum atomic E-state index is -0.131. The molecular formula is C19H19N3O4. The Kier molecular flexibility index (Phi) is 5.48. The highest BCUT2D eigenvalue weighted by molar-refractivity contribution is 5.78. The molecule has 1 amide bonds. The van der Waals surface area contributed by atoms with E-state index < -0.39 is 0 Å². The van der Waals surface area contributed by atoms with Crippen molar-refractivity contribution < 1.29 is 18.8 Å². The number of amides is 1. The van der Waals surface area contributed by atoms with Crippen molar-refractivity contribution in [1.82, 2.24) is 15.5 Å². The number of hydrogen-bond acceptors (Lipinski definition) is 6. The normalized spacial score (nSPS) is 10.4. The molecule has 1 aromatic heterocycles. The van der Waals surface area contributed by atoms with E-state index in [0.29, 0.717) is 11.7 Å². The molecule has 0 fully saturated rings. The highest BCUT2D eigenvalue weighted by Crippen LogP contribution is 2.20. The highest BCUT2D eigenvalue weighted by atomic mass is 16.5. The molecule has 3 rings (SSSR count). The van der Waals surface area contributed by atoms with Gasteiger partial charge in [0.05, 0.1) is 27.2 Å². The van der Waals surface area contributed by atoms with Crippen LogP contribution in [0.2, 0.25) is 0 Å². The van der Waals surface area contributed by atoms with E-state index in [2.05, 4.69) is 15.5 Å². The summed E-state index contributed by atoms with van der Waals surface area (Å²) >= 11 is 0. The van der Waals surface area contributed by atoms with Crippen LogP contribution in [0.4, 0.5) is 0 Å². The number of aromatic nitrogens is 2. The van der Waals surface area contributed by atoms with Crippen LogP contribution >= 0.6 is 0 Å². The molecule has 7 heteroatoms. The molecule has 0 aliphatic carbocycles. The van der Waals surface area contributed by atoms with E-state index in [1.54, 1.807) is 14.2 Å². The maximum atomic E-state index is 12.1. The van der Waals surface area contributed by atoms with Crippen molar-refractivity contribution in [2.45, 2.75) is 13.0 Å². The van der Waals surface area contributed by atoms with Gasteiger partial charge in [-0.25, -0.2) is 0 Å². The lowest BCUT2D eigenvalue weighted by Crippen LogP contribution is -2.25. The Bertz CT molecular complexity index is 875. The van der Waals surface area contributed by atoms with Gasteiger partial charge in [-0.15, -0.1) is 0 Å². The summed E-state index contributed by atoms with van der Waals surface area (Å²) in [7, 11) is 3.20. The molecule has 7 nitrogen and oxygen atoms in total. The van der Waals surface area contributed by atoms with Crippen LogP contribution in [0.5, 0.6) is 11.5 Å². The van der Waals surface area contributed by atoms with Crippen molar-refractivity contribution in [2.75, 3.05) is 14.2 Å². The Morgan fingerprint density at radius 2 is 1.85 bits per heavy atom. The van der Waals surface area contributed by atoms with Crippen LogP contribution in [0.3, 0.4) is 0 Å². The zero-order valence-corrected chi connectivity index (χ0v) is 14.6. The first-order chi connectivity index (χ1) is 12.7. The monoisotopic (exact) mass is 353 g/mol. The molecule has 2 aromatic carbocycles. The van der Waals surface area contributed by atoms with Gasteiger partial charge in [0.15, 0.2) is 5.82 Å². The zero-order valence-electron chi connectivity index (χ0n) is 14.6. The molecule has 0 radical (unpaired) electrons. The SMILES string of the molecule is COc1ccc(-c2nc(CNC(=O)Cc3cccc(OC)c3)no2)cc1. The zero-order chi connectivity index (χ0) is 18.4. The Morgan fingerprint density at radius 3 is 2.58 bits per heavy atom. The molecule has 0 spiro atoms. The standard InChI is InChI=1S/C19H19N3O4/c1-24-15-8-6-14(7-9-15)19-21-17(22-26-19)12-20-18(23)11-13-4-3-5-16(10-13)25-2/h3-10H,11-12H2,1-2H3,(H,20,23). The van der Waals surface area contributed by atoms with Gasteiger partial charge in [-0.3, -0.25) is 4.79 Å². The van der Waals surface area contributed by atoms with Crippen LogP contribution in [-0.4, -0.2) is 30.3 Å². The number of nitrogens with one attached hydrogen (secondary N) is 1. The molecule has 1 N–H and O–H groups in total. The first kappa shape index (κ1) is 17.5. The fraction of sp³-hybridized carbons (Fsp3) is 0.211. The van der Waals surface area contributed by atoms with Crippen LogP contribution < -0.4 is 14.8 Å². The topological polar surface area (TPSA) is 86.5 Å². The van der Waals surface area contributed by atoms with Crippen LogP contribution in [0.15, 0.2) is 53.1 Å². The lowest BCUT2D eigenvalue weighted by Gasteiger charge is -2.05. The molecule has 134 valence electrons. The Balaban J connectivity index is 1.56. The lowest BCUT2D eigenvalue weighted by atomic mass is 10.1. The first-order valence-corrected chi connectivity index (χ1v) is 8.04. The van der Waals surface area contributed by atoms with Crippen molar-refractivity contribution >= 4 is 5.91 Å². The Hall–Kier alpha value is -3.35. The summed E-state index contributed by atoms with van der Waals surface area (Å²) in [6.07, 6.45) is 0.250. The molecule has 0 aliphatic heterocycles. The summed E-state index contributed by atoms with van der Waals surface area (Å²) in [5.41, 5.74) is 1.65. The minimum Gasteiger partial charge on any atom is -0.497 e. The van der Waals surface area contributed by atoms with Crippen LogP contribution in [0.1, 0.15) is 11.4 Å². The van der Waals surface area contributed by atoms with Crippen molar-refractivity contribution in [1.29, 1.82) is 0 Å². The van der Waals surface area contributed by atoms with E-state index in [9.17, 15) is 4.79 Å². The van der Waals surface area contributed by atoms with Crippen molar-refractivity contribution in [3.05, 3.63) is 59.9 Å². The van der Waals surface area contributed by atoms with Gasteiger partial charge in [-0.1, -0.05) is 17.3 Å². The third-order valence-corrected chi connectivity index (χ3v) is 3.75. The minimum absolute atomic E-state index is 0.131. The van der Waals surface area contributed by atoms with E-state index in [4.69, 9.17) is 14.0 Å². The number of carbonyl (C=O) groups excluding carboxylic acids is 1. The van der Waals surface area contributed by atoms with E-state index in [1.807, 2.05) is 48.5 Å². The van der Waals surface area contributed by atoms with Crippen LogP contribution in [0.25, 0.3) is 11.5 Å². The number of carbonyl (C=O) groups is 1. The van der Waals surface area contributed by atoms with E-state index in [1.165, 1.54) is 0 Å². The van der Waals surface area contributed by atoms with Gasteiger partial charge in [0, 0.05) is 5.56 Å². The molecule has 0 bridgehead atoms. The number of nitrogens with zero attached hydrogens (tertiary/aromatic N) is 2. The number of benzene rings is 2. The average Bonchev–Trinajstić information content (AvgIpc) is 3.15. The smallest absolute Gasteiger partial charge is 0.257 e. The fourth-order valence-corrected chi connectivity index (χ4v) is 2.38. The maximum absolute atomic E-state index is 12.1. The molecule has 0 atom stereocenters. The summed E-state index contributed by atoms with van der Waals surface area (Å²) in [5.74, 6) is 2.14. The Morgan fingerprint density at radius 1 is 1.08 bits per heavy atom. The van der Waals surface area contributed by atoms with Crippen molar-refractivity contribution in [3.63, 3.8) is 0 Å². The van der Waals surface area contributed by atoms with Crippen molar-refractivity contribution in [3.8, 4) is 23.0 Å². The number of hydrogen-bond donors (Lipinski definition) is 1. The summed E-state index contributed by atoms with van der Waals surface area (Å²) in [4.78, 5) is 16.4. The number of rotatable bonds is 7. The molecule has 0 saturated carbocycles. The first-order valence-electron chi connectivity index (χ1n) is 8.04. The van der Waals surface area contributed by atoms with Gasteiger partial charge >= 0.3 is 0 Å². The molecule has 1 heterocycles. The fourth-order valence-electron chi connectivity index (χ4n) is 2.38. The number of ether oxygens (including phenoxy) is 2. The van der Waals surface area contributed by atoms with Gasteiger partial charge < -0.3 is 19.3 Å². The third-order valence-electron chi connectivity index (χ3n) is 3.75. The van der Waals surface area contributed by atoms with Gasteiger partial charge in [-0.05, 0) is 42.0 Å². The second kappa shape index (κ2) is 8.15. The van der Waals surface area contributed by atoms with E-state index in [0.717, 1.165) is 22.6 Å². The lowest BCUT2D eigenvalue weighted by molar-refractivity contribution is -0.120. The van der Waals surface area contributed by atoms with Gasteiger partial charge in [-0.2, -0.15) is 4.98 Å². The maximum Gasteiger partial charge on any atom is 0.257 e. The molecular weight excluding hydrogens is 334 g/mol. The average molecular weight is 353 g/mol. The largest absolute Gasteiger partial charge is 0.497 e. The third kappa shape index (κ3) is 4.38.